The van der Waals surface area contributed by atoms with Crippen LogP contribution in [0.25, 0.3) is 0 Å². The fraction of sp³-hybridized carbons (Fsp3) is 0.714. The first-order valence-electron chi connectivity index (χ1n) is 10.8. The highest BCUT2D eigenvalue weighted by molar-refractivity contribution is 5.85. The molecular formula is C21H36N4O6. The van der Waals surface area contributed by atoms with E-state index in [-0.39, 0.29) is 37.0 Å². The molecule has 2 aliphatic heterocycles. The quantitative estimate of drug-likeness (QED) is 0.299. The number of hydrogen-bond donors (Lipinski definition) is 2. The van der Waals surface area contributed by atoms with Gasteiger partial charge in [0.25, 0.3) is 0 Å². The second kappa shape index (κ2) is 11.8. The number of carbonyl (C=O) groups is 2. The molecular weight excluding hydrogens is 404 g/mol. The summed E-state index contributed by atoms with van der Waals surface area (Å²) in [6, 6.07) is -0.455. The summed E-state index contributed by atoms with van der Waals surface area (Å²) >= 11 is 0. The summed E-state index contributed by atoms with van der Waals surface area (Å²) in [5.74, 6) is 0.119. The molecule has 0 saturated carbocycles. The van der Waals surface area contributed by atoms with Crippen LogP contribution >= 0.6 is 0 Å². The van der Waals surface area contributed by atoms with E-state index in [1.165, 1.54) is 12.0 Å². The number of rotatable bonds is 15. The Bertz CT molecular complexity index is 658. The molecule has 31 heavy (non-hydrogen) atoms. The second-order valence-electron chi connectivity index (χ2n) is 7.87. The van der Waals surface area contributed by atoms with E-state index in [9.17, 15) is 19.8 Å². The predicted molar refractivity (Wildman–Crippen MR) is 115 cm³/mol. The van der Waals surface area contributed by atoms with Gasteiger partial charge in [-0.15, -0.1) is 0 Å². The lowest BCUT2D eigenvalue weighted by Crippen LogP contribution is -2.48. The Morgan fingerprint density at radius 1 is 0.871 bits per heavy atom. The minimum absolute atomic E-state index is 0.0449. The Morgan fingerprint density at radius 2 is 1.35 bits per heavy atom. The Hall–Kier alpha value is -2.46. The van der Waals surface area contributed by atoms with E-state index >= 15 is 0 Å². The van der Waals surface area contributed by atoms with Gasteiger partial charge < -0.3 is 19.7 Å². The molecule has 4 amide bonds. The van der Waals surface area contributed by atoms with Crippen molar-refractivity contribution in [2.24, 2.45) is 0 Å². The van der Waals surface area contributed by atoms with Crippen molar-refractivity contribution in [3.8, 4) is 0 Å². The highest BCUT2D eigenvalue weighted by atomic mass is 16.5. The van der Waals surface area contributed by atoms with Crippen LogP contribution in [0.15, 0.2) is 24.7 Å². The van der Waals surface area contributed by atoms with Crippen molar-refractivity contribution in [3.63, 3.8) is 0 Å². The molecule has 10 heteroatoms. The molecule has 2 atom stereocenters. The van der Waals surface area contributed by atoms with Crippen LogP contribution in [-0.4, -0.2) is 94.5 Å². The summed E-state index contributed by atoms with van der Waals surface area (Å²) < 4.78 is 11.0. The first-order valence-corrected chi connectivity index (χ1v) is 10.8. The van der Waals surface area contributed by atoms with Crippen molar-refractivity contribution in [1.29, 1.82) is 0 Å². The van der Waals surface area contributed by atoms with Crippen LogP contribution in [0.1, 0.15) is 45.4 Å². The van der Waals surface area contributed by atoms with Crippen molar-refractivity contribution >= 4 is 12.1 Å². The molecule has 0 spiro atoms. The number of fused-ring (bicyclic) bond motifs is 1. The van der Waals surface area contributed by atoms with E-state index in [2.05, 4.69) is 20.1 Å². The van der Waals surface area contributed by atoms with Gasteiger partial charge in [-0.05, 0) is 19.3 Å². The zero-order valence-corrected chi connectivity index (χ0v) is 18.7. The zero-order valence-electron chi connectivity index (χ0n) is 18.7. The van der Waals surface area contributed by atoms with Crippen molar-refractivity contribution in [2.75, 3.05) is 40.3 Å². The molecule has 2 heterocycles. The third-order valence-corrected chi connectivity index (χ3v) is 5.40. The van der Waals surface area contributed by atoms with Gasteiger partial charge in [0.1, 0.15) is 19.6 Å². The zero-order chi connectivity index (χ0) is 23.0. The van der Waals surface area contributed by atoms with Crippen LogP contribution in [0, 0.1) is 0 Å². The number of methoxy groups -OCH3 is 1. The molecule has 0 aromatic rings. The molecule has 176 valence electrons. The first-order chi connectivity index (χ1) is 14.8. The number of ether oxygens (including phenoxy) is 2. The van der Waals surface area contributed by atoms with Crippen molar-refractivity contribution in [3.05, 3.63) is 24.7 Å². The summed E-state index contributed by atoms with van der Waals surface area (Å²) in [4.78, 5) is 32.8. The number of unbranched alkanes of at least 4 members (excludes halogenated alkanes) is 1. The predicted octanol–water partition coefficient (Wildman–Crippen LogP) is 3.20. The third kappa shape index (κ3) is 6.04. The van der Waals surface area contributed by atoms with Gasteiger partial charge in [0, 0.05) is 39.6 Å². The molecule has 0 bridgehead atoms. The SMILES string of the molecule is C=C(O)CCCN1C(=O)N(COC)C2C1N(CCCC(=C)O)C(=O)N2COCCCC. The smallest absolute Gasteiger partial charge is 0.325 e. The summed E-state index contributed by atoms with van der Waals surface area (Å²) in [7, 11) is 1.50. The van der Waals surface area contributed by atoms with E-state index in [0.717, 1.165) is 12.8 Å². The van der Waals surface area contributed by atoms with Gasteiger partial charge in [-0.2, -0.15) is 0 Å². The third-order valence-electron chi connectivity index (χ3n) is 5.40. The number of urea groups is 2. The average molecular weight is 441 g/mol. The van der Waals surface area contributed by atoms with Gasteiger partial charge in [0.2, 0.25) is 0 Å². The molecule has 2 aliphatic rings. The average Bonchev–Trinajstić information content (AvgIpc) is 3.12. The fourth-order valence-corrected chi connectivity index (χ4v) is 3.94. The molecule has 2 fully saturated rings. The molecule has 0 radical (unpaired) electrons. The maximum atomic E-state index is 13.3. The molecule has 0 aromatic heterocycles. The van der Waals surface area contributed by atoms with Gasteiger partial charge in [0.05, 0.1) is 11.5 Å². The number of aliphatic hydroxyl groups excluding tert-OH is 2. The topological polar surface area (TPSA) is 106 Å². The molecule has 2 unspecified atom stereocenters. The van der Waals surface area contributed by atoms with E-state index < -0.39 is 12.3 Å². The molecule has 2 saturated heterocycles. The minimum Gasteiger partial charge on any atom is -0.513 e. The van der Waals surface area contributed by atoms with Crippen LogP contribution in [-0.2, 0) is 9.47 Å². The summed E-state index contributed by atoms with van der Waals surface area (Å²) in [5.41, 5.74) is 0. The Balaban J connectivity index is 2.25. The first kappa shape index (κ1) is 24.8. The number of carbonyl (C=O) groups excluding carboxylic acids is 2. The highest BCUT2D eigenvalue weighted by Crippen LogP contribution is 2.35. The second-order valence-corrected chi connectivity index (χ2v) is 7.87. The van der Waals surface area contributed by atoms with E-state index in [1.807, 2.05) is 0 Å². The van der Waals surface area contributed by atoms with Gasteiger partial charge in [-0.3, -0.25) is 19.6 Å². The van der Waals surface area contributed by atoms with Gasteiger partial charge in [-0.25, -0.2) is 9.59 Å². The molecule has 2 N–H and O–H groups in total. The number of hydrogen-bond acceptors (Lipinski definition) is 6. The number of aliphatic hydroxyl groups is 2. The van der Waals surface area contributed by atoms with E-state index in [4.69, 9.17) is 9.47 Å². The van der Waals surface area contributed by atoms with Gasteiger partial charge in [-0.1, -0.05) is 26.5 Å². The lowest BCUT2D eigenvalue weighted by molar-refractivity contribution is -0.0163. The summed E-state index contributed by atoms with van der Waals surface area (Å²) in [6.45, 7) is 10.4. The Labute approximate surface area is 184 Å². The fourth-order valence-electron chi connectivity index (χ4n) is 3.94. The van der Waals surface area contributed by atoms with Crippen LogP contribution in [0.3, 0.4) is 0 Å². The van der Waals surface area contributed by atoms with Crippen LogP contribution < -0.4 is 0 Å². The molecule has 10 nitrogen and oxygen atoms in total. The van der Waals surface area contributed by atoms with E-state index in [1.54, 1.807) is 14.7 Å². The molecule has 0 aliphatic carbocycles. The highest BCUT2D eigenvalue weighted by Gasteiger charge is 2.58. The van der Waals surface area contributed by atoms with Gasteiger partial charge in [0.15, 0.2) is 6.17 Å². The largest absolute Gasteiger partial charge is 0.513 e. The van der Waals surface area contributed by atoms with Crippen molar-refractivity contribution < 1.29 is 29.3 Å². The van der Waals surface area contributed by atoms with Crippen LogP contribution in [0.2, 0.25) is 0 Å². The van der Waals surface area contributed by atoms with Crippen LogP contribution in [0.5, 0.6) is 0 Å². The normalized spacial score (nSPS) is 20.7. The van der Waals surface area contributed by atoms with Gasteiger partial charge >= 0.3 is 12.1 Å². The maximum absolute atomic E-state index is 13.3. The summed E-state index contributed by atoms with van der Waals surface area (Å²) in [5, 5.41) is 18.8. The molecule has 0 aromatic carbocycles. The van der Waals surface area contributed by atoms with E-state index in [0.29, 0.717) is 45.4 Å². The number of allylic oxidation sites excluding steroid dienone is 2. The minimum atomic E-state index is -0.545. The van der Waals surface area contributed by atoms with Crippen molar-refractivity contribution in [2.45, 2.75) is 57.8 Å². The lowest BCUT2D eigenvalue weighted by Gasteiger charge is -2.29. The maximum Gasteiger partial charge on any atom is 0.325 e. The standard InChI is InChI=1S/C21H36N4O6/c1-5-6-13-31-15-25-19-18(23(21(25)29)12-8-10-17(3)27)22(11-7-9-16(2)26)20(28)24(19)14-30-4/h18-19,26-27H,2-3,5-15H2,1,4H3. The Kier molecular flexibility index (Phi) is 9.44. The van der Waals surface area contributed by atoms with Crippen molar-refractivity contribution in [1.82, 2.24) is 19.6 Å². The lowest BCUT2D eigenvalue weighted by atomic mass is 10.2. The number of nitrogens with zero attached hydrogens (tertiary/aromatic N) is 4. The van der Waals surface area contributed by atoms with Crippen LogP contribution in [0.4, 0.5) is 9.59 Å². The number of amides is 4. The monoisotopic (exact) mass is 440 g/mol. The molecule has 2 rings (SSSR count). The Morgan fingerprint density at radius 3 is 1.81 bits per heavy atom. The summed E-state index contributed by atoms with van der Waals surface area (Å²) in [6.07, 6.45) is 2.59.